The molecule has 0 saturated carbocycles. The lowest BCUT2D eigenvalue weighted by atomic mass is 10.1. The van der Waals surface area contributed by atoms with Crippen molar-refractivity contribution in [2.75, 3.05) is 5.32 Å². The molecule has 1 aromatic rings. The molecule has 0 saturated heterocycles. The molecule has 0 fully saturated rings. The van der Waals surface area contributed by atoms with E-state index in [4.69, 9.17) is 0 Å². The summed E-state index contributed by atoms with van der Waals surface area (Å²) in [5, 5.41) is 2.96. The SMILES string of the molecule is CCCCCCCC(=O)Nc1ccc(C)c(C)c1. The van der Waals surface area contributed by atoms with Crippen LogP contribution in [-0.4, -0.2) is 5.91 Å². The van der Waals surface area contributed by atoms with Gasteiger partial charge in [0.25, 0.3) is 0 Å². The maximum atomic E-state index is 11.7. The summed E-state index contributed by atoms with van der Waals surface area (Å²) in [5.74, 6) is 0.134. The molecule has 1 aromatic carbocycles. The monoisotopic (exact) mass is 247 g/mol. The van der Waals surface area contributed by atoms with Crippen LogP contribution < -0.4 is 5.32 Å². The molecule has 0 atom stereocenters. The van der Waals surface area contributed by atoms with Crippen LogP contribution in [0.2, 0.25) is 0 Å². The van der Waals surface area contributed by atoms with E-state index in [0.717, 1.165) is 18.5 Å². The van der Waals surface area contributed by atoms with Crippen LogP contribution in [0.1, 0.15) is 56.6 Å². The second-order valence-corrected chi connectivity index (χ2v) is 5.01. The van der Waals surface area contributed by atoms with Gasteiger partial charge in [0.2, 0.25) is 5.91 Å². The number of carbonyl (C=O) groups is 1. The summed E-state index contributed by atoms with van der Waals surface area (Å²) in [4.78, 5) is 11.7. The van der Waals surface area contributed by atoms with Gasteiger partial charge in [-0.25, -0.2) is 0 Å². The highest BCUT2D eigenvalue weighted by Gasteiger charge is 2.03. The first-order valence-corrected chi connectivity index (χ1v) is 7.00. The number of hydrogen-bond donors (Lipinski definition) is 1. The summed E-state index contributed by atoms with van der Waals surface area (Å²) >= 11 is 0. The molecule has 1 rings (SSSR count). The van der Waals surface area contributed by atoms with Crippen molar-refractivity contribution in [2.45, 2.75) is 59.3 Å². The van der Waals surface area contributed by atoms with Crippen LogP contribution in [0, 0.1) is 13.8 Å². The normalized spacial score (nSPS) is 10.4. The first-order chi connectivity index (χ1) is 8.63. The third kappa shape index (κ3) is 5.35. The van der Waals surface area contributed by atoms with Gasteiger partial charge in [0.1, 0.15) is 0 Å². The van der Waals surface area contributed by atoms with Gasteiger partial charge in [-0.05, 0) is 43.5 Å². The Morgan fingerprint density at radius 2 is 1.78 bits per heavy atom. The zero-order valence-electron chi connectivity index (χ0n) is 11.9. The van der Waals surface area contributed by atoms with Gasteiger partial charge in [0, 0.05) is 12.1 Å². The van der Waals surface area contributed by atoms with Crippen LogP contribution in [0.3, 0.4) is 0 Å². The van der Waals surface area contributed by atoms with Crippen molar-refractivity contribution in [1.82, 2.24) is 0 Å². The smallest absolute Gasteiger partial charge is 0.224 e. The lowest BCUT2D eigenvalue weighted by Gasteiger charge is -2.07. The number of anilines is 1. The van der Waals surface area contributed by atoms with E-state index in [1.165, 1.54) is 30.4 Å². The summed E-state index contributed by atoms with van der Waals surface area (Å²) in [5.41, 5.74) is 3.39. The molecule has 0 radical (unpaired) electrons. The van der Waals surface area contributed by atoms with Gasteiger partial charge >= 0.3 is 0 Å². The van der Waals surface area contributed by atoms with Gasteiger partial charge in [-0.2, -0.15) is 0 Å². The third-order valence-corrected chi connectivity index (χ3v) is 3.30. The first-order valence-electron chi connectivity index (χ1n) is 7.00. The predicted octanol–water partition coefficient (Wildman–Crippen LogP) is 4.60. The maximum Gasteiger partial charge on any atom is 0.224 e. The Hall–Kier alpha value is -1.31. The molecular weight excluding hydrogens is 222 g/mol. The third-order valence-electron chi connectivity index (χ3n) is 3.30. The van der Waals surface area contributed by atoms with Gasteiger partial charge in [-0.1, -0.05) is 38.7 Å². The average molecular weight is 247 g/mol. The van der Waals surface area contributed by atoms with Crippen LogP contribution in [0.25, 0.3) is 0 Å². The molecule has 0 aliphatic heterocycles. The van der Waals surface area contributed by atoms with Crippen molar-refractivity contribution in [3.63, 3.8) is 0 Å². The topological polar surface area (TPSA) is 29.1 Å². The molecule has 0 aromatic heterocycles. The Morgan fingerprint density at radius 1 is 1.06 bits per heavy atom. The number of carbonyl (C=O) groups excluding carboxylic acids is 1. The Kier molecular flexibility index (Phi) is 6.48. The molecule has 2 heteroatoms. The summed E-state index contributed by atoms with van der Waals surface area (Å²) in [7, 11) is 0. The average Bonchev–Trinajstić information content (AvgIpc) is 2.34. The zero-order valence-corrected chi connectivity index (χ0v) is 11.9. The van der Waals surface area contributed by atoms with Gasteiger partial charge in [-0.15, -0.1) is 0 Å². The summed E-state index contributed by atoms with van der Waals surface area (Å²) in [6.45, 7) is 6.34. The second-order valence-electron chi connectivity index (χ2n) is 5.01. The van der Waals surface area contributed by atoms with Crippen molar-refractivity contribution in [3.05, 3.63) is 29.3 Å². The van der Waals surface area contributed by atoms with E-state index < -0.39 is 0 Å². The fourth-order valence-electron chi connectivity index (χ4n) is 1.93. The molecule has 0 heterocycles. The Balaban J connectivity index is 2.29. The fourth-order valence-corrected chi connectivity index (χ4v) is 1.93. The van der Waals surface area contributed by atoms with E-state index in [1.54, 1.807) is 0 Å². The highest BCUT2D eigenvalue weighted by atomic mass is 16.1. The number of aryl methyl sites for hydroxylation is 2. The molecule has 0 aliphatic carbocycles. The van der Waals surface area contributed by atoms with Gasteiger partial charge in [0.15, 0.2) is 0 Å². The number of unbranched alkanes of at least 4 members (excludes halogenated alkanes) is 4. The molecule has 1 amide bonds. The Bertz CT molecular complexity index is 385. The van der Waals surface area contributed by atoms with Crippen molar-refractivity contribution >= 4 is 11.6 Å². The quantitative estimate of drug-likeness (QED) is 0.701. The number of rotatable bonds is 7. The standard InChI is InChI=1S/C16H25NO/c1-4-5-6-7-8-9-16(18)17-15-11-10-13(2)14(3)12-15/h10-12H,4-9H2,1-3H3,(H,17,18). The van der Waals surface area contributed by atoms with E-state index in [1.807, 2.05) is 18.2 Å². The summed E-state index contributed by atoms with van der Waals surface area (Å²) in [6, 6.07) is 6.05. The highest BCUT2D eigenvalue weighted by molar-refractivity contribution is 5.90. The molecule has 0 aliphatic rings. The number of nitrogens with one attached hydrogen (secondary N) is 1. The Labute approximate surface area is 111 Å². The maximum absolute atomic E-state index is 11.7. The minimum Gasteiger partial charge on any atom is -0.326 e. The fraction of sp³-hybridized carbons (Fsp3) is 0.562. The van der Waals surface area contributed by atoms with Crippen molar-refractivity contribution in [3.8, 4) is 0 Å². The molecule has 2 nitrogen and oxygen atoms in total. The van der Waals surface area contributed by atoms with Crippen LogP contribution in [-0.2, 0) is 4.79 Å². The number of hydrogen-bond acceptors (Lipinski definition) is 1. The minimum absolute atomic E-state index is 0.134. The number of amides is 1. The summed E-state index contributed by atoms with van der Waals surface area (Å²) in [6.07, 6.45) is 6.56. The molecule has 18 heavy (non-hydrogen) atoms. The zero-order chi connectivity index (χ0) is 13.4. The van der Waals surface area contributed by atoms with E-state index in [2.05, 4.69) is 26.1 Å². The van der Waals surface area contributed by atoms with Crippen molar-refractivity contribution in [2.24, 2.45) is 0 Å². The minimum atomic E-state index is 0.134. The molecule has 0 unspecified atom stereocenters. The van der Waals surface area contributed by atoms with Crippen molar-refractivity contribution < 1.29 is 4.79 Å². The molecule has 0 spiro atoms. The van der Waals surface area contributed by atoms with Crippen LogP contribution in [0.5, 0.6) is 0 Å². The summed E-state index contributed by atoms with van der Waals surface area (Å²) < 4.78 is 0. The van der Waals surface area contributed by atoms with Gasteiger partial charge in [0.05, 0.1) is 0 Å². The molecule has 1 N–H and O–H groups in total. The van der Waals surface area contributed by atoms with Crippen molar-refractivity contribution in [1.29, 1.82) is 0 Å². The lowest BCUT2D eigenvalue weighted by molar-refractivity contribution is -0.116. The van der Waals surface area contributed by atoms with E-state index >= 15 is 0 Å². The first kappa shape index (κ1) is 14.7. The second kappa shape index (κ2) is 7.91. The molecule has 0 bridgehead atoms. The van der Waals surface area contributed by atoms with Gasteiger partial charge in [-0.3, -0.25) is 4.79 Å². The molecular formula is C16H25NO. The van der Waals surface area contributed by atoms with Crippen LogP contribution >= 0.6 is 0 Å². The molecule has 100 valence electrons. The lowest BCUT2D eigenvalue weighted by Crippen LogP contribution is -2.11. The Morgan fingerprint density at radius 3 is 2.44 bits per heavy atom. The largest absolute Gasteiger partial charge is 0.326 e. The van der Waals surface area contributed by atoms with Crippen LogP contribution in [0.4, 0.5) is 5.69 Å². The van der Waals surface area contributed by atoms with E-state index in [0.29, 0.717) is 6.42 Å². The number of benzene rings is 1. The highest BCUT2D eigenvalue weighted by Crippen LogP contribution is 2.15. The van der Waals surface area contributed by atoms with Crippen LogP contribution in [0.15, 0.2) is 18.2 Å². The predicted molar refractivity (Wildman–Crippen MR) is 77.9 cm³/mol. The van der Waals surface area contributed by atoms with E-state index in [-0.39, 0.29) is 5.91 Å². The van der Waals surface area contributed by atoms with E-state index in [9.17, 15) is 4.79 Å². The van der Waals surface area contributed by atoms with Gasteiger partial charge < -0.3 is 5.32 Å².